The minimum Gasteiger partial charge on any atom is -0.383 e. The Morgan fingerprint density at radius 1 is 1.28 bits per heavy atom. The smallest absolute Gasteiger partial charge is 0.252 e. The van der Waals surface area contributed by atoms with Crippen LogP contribution in [0.1, 0.15) is 15.2 Å². The predicted octanol–water partition coefficient (Wildman–Crippen LogP) is 2.41. The Hall–Kier alpha value is -1.26. The van der Waals surface area contributed by atoms with Crippen LogP contribution >= 0.6 is 27.3 Å². The second-order valence-corrected chi connectivity index (χ2v) is 8.77. The van der Waals surface area contributed by atoms with Crippen molar-refractivity contribution in [3.63, 3.8) is 0 Å². The Balaban J connectivity index is 2.05. The number of carbonyl (C=O) groups excluding carboxylic acids is 1. The van der Waals surface area contributed by atoms with Gasteiger partial charge in [0.1, 0.15) is 0 Å². The third kappa shape index (κ3) is 5.89. The zero-order valence-electron chi connectivity index (χ0n) is 13.6. The molecule has 1 amide bonds. The molecule has 25 heavy (non-hydrogen) atoms. The molecule has 0 radical (unpaired) electrons. The lowest BCUT2D eigenvalue weighted by molar-refractivity contribution is 0.0953. The van der Waals surface area contributed by atoms with Gasteiger partial charge < -0.3 is 10.1 Å². The molecule has 2 rings (SSSR count). The Morgan fingerprint density at radius 3 is 2.76 bits per heavy atom. The second-order valence-electron chi connectivity index (χ2n) is 5.12. The highest BCUT2D eigenvalue weighted by Crippen LogP contribution is 2.21. The van der Waals surface area contributed by atoms with Crippen LogP contribution in [-0.4, -0.2) is 41.1 Å². The summed E-state index contributed by atoms with van der Waals surface area (Å²) in [6.07, 6.45) is 0.734. The maximum absolute atomic E-state index is 12.4. The van der Waals surface area contributed by atoms with Crippen molar-refractivity contribution in [2.75, 3.05) is 26.8 Å². The number of sulfonamides is 1. The van der Waals surface area contributed by atoms with E-state index in [0.29, 0.717) is 11.0 Å². The van der Waals surface area contributed by atoms with Crippen molar-refractivity contribution < 1.29 is 17.9 Å². The fourth-order valence-electron chi connectivity index (χ4n) is 2.06. The average molecular weight is 447 g/mol. The average Bonchev–Trinajstić information content (AvgIpc) is 3.08. The molecular weight excluding hydrogens is 428 g/mol. The molecule has 0 atom stereocenters. The highest BCUT2D eigenvalue weighted by atomic mass is 79.9. The summed E-state index contributed by atoms with van der Waals surface area (Å²) in [5.41, 5.74) is 0.279. The van der Waals surface area contributed by atoms with E-state index in [1.54, 1.807) is 17.4 Å². The van der Waals surface area contributed by atoms with Crippen molar-refractivity contribution in [3.05, 3.63) is 50.6 Å². The lowest BCUT2D eigenvalue weighted by atomic mass is 10.2. The van der Waals surface area contributed by atoms with Gasteiger partial charge in [-0.15, -0.1) is 11.3 Å². The van der Waals surface area contributed by atoms with Crippen LogP contribution in [0, 0.1) is 0 Å². The third-order valence-corrected chi connectivity index (χ3v) is 6.41. The minimum absolute atomic E-state index is 0.0372. The van der Waals surface area contributed by atoms with Crippen molar-refractivity contribution in [3.8, 4) is 0 Å². The molecule has 0 spiro atoms. The Morgan fingerprint density at radius 2 is 2.08 bits per heavy atom. The van der Waals surface area contributed by atoms with Crippen LogP contribution in [0.5, 0.6) is 0 Å². The topological polar surface area (TPSA) is 84.5 Å². The van der Waals surface area contributed by atoms with Crippen LogP contribution in [0.3, 0.4) is 0 Å². The maximum Gasteiger partial charge on any atom is 0.252 e. The summed E-state index contributed by atoms with van der Waals surface area (Å²) in [5, 5.41) is 4.80. The first-order chi connectivity index (χ1) is 11.9. The summed E-state index contributed by atoms with van der Waals surface area (Å²) in [6, 6.07) is 8.33. The van der Waals surface area contributed by atoms with Crippen molar-refractivity contribution in [2.24, 2.45) is 0 Å². The molecule has 0 fully saturated rings. The SMILES string of the molecule is COCCNS(=O)(=O)c1ccc(Br)c(C(=O)NCCc2cccs2)c1. The second kappa shape index (κ2) is 9.44. The van der Waals surface area contributed by atoms with Crippen LogP contribution < -0.4 is 10.0 Å². The third-order valence-electron chi connectivity index (χ3n) is 3.33. The van der Waals surface area contributed by atoms with E-state index in [0.717, 1.165) is 6.42 Å². The highest BCUT2D eigenvalue weighted by molar-refractivity contribution is 9.10. The van der Waals surface area contributed by atoms with Crippen LogP contribution in [-0.2, 0) is 21.2 Å². The summed E-state index contributed by atoms with van der Waals surface area (Å²) in [6.45, 7) is 0.915. The molecule has 0 unspecified atom stereocenters. The number of ether oxygens (including phenoxy) is 1. The van der Waals surface area contributed by atoms with Gasteiger partial charge in [0, 0.05) is 29.5 Å². The summed E-state index contributed by atoms with van der Waals surface area (Å²) in [7, 11) is -2.20. The fraction of sp³-hybridized carbons (Fsp3) is 0.312. The summed E-state index contributed by atoms with van der Waals surface area (Å²) in [5.74, 6) is -0.322. The van der Waals surface area contributed by atoms with E-state index >= 15 is 0 Å². The molecule has 9 heteroatoms. The molecule has 2 N–H and O–H groups in total. The minimum atomic E-state index is -3.69. The van der Waals surface area contributed by atoms with Gasteiger partial charge in [-0.25, -0.2) is 13.1 Å². The Kier molecular flexibility index (Phi) is 7.57. The Bertz CT molecular complexity index is 808. The van der Waals surface area contributed by atoms with E-state index in [-0.39, 0.29) is 29.5 Å². The monoisotopic (exact) mass is 446 g/mol. The first kappa shape index (κ1) is 20.1. The number of benzene rings is 1. The number of carbonyl (C=O) groups is 1. The van der Waals surface area contributed by atoms with Gasteiger partial charge in [0.2, 0.25) is 10.0 Å². The first-order valence-corrected chi connectivity index (χ1v) is 10.7. The molecule has 0 aliphatic carbocycles. The van der Waals surface area contributed by atoms with Gasteiger partial charge in [0.25, 0.3) is 5.91 Å². The number of halogens is 1. The van der Waals surface area contributed by atoms with E-state index in [4.69, 9.17) is 4.74 Å². The van der Waals surface area contributed by atoms with Crippen molar-refractivity contribution in [2.45, 2.75) is 11.3 Å². The van der Waals surface area contributed by atoms with Crippen molar-refractivity contribution in [1.82, 2.24) is 10.0 Å². The molecule has 0 saturated heterocycles. The van der Waals surface area contributed by atoms with E-state index < -0.39 is 10.0 Å². The number of thiophene rings is 1. The van der Waals surface area contributed by atoms with E-state index in [2.05, 4.69) is 26.0 Å². The number of hydrogen-bond donors (Lipinski definition) is 2. The normalized spacial score (nSPS) is 11.4. The molecule has 0 saturated carbocycles. The number of rotatable bonds is 9. The molecule has 0 aliphatic rings. The van der Waals surface area contributed by atoms with Crippen molar-refractivity contribution >= 4 is 43.2 Å². The van der Waals surface area contributed by atoms with Crippen LogP contribution in [0.4, 0.5) is 0 Å². The van der Waals surface area contributed by atoms with Gasteiger partial charge in [0.05, 0.1) is 17.1 Å². The first-order valence-electron chi connectivity index (χ1n) is 7.53. The lowest BCUT2D eigenvalue weighted by Crippen LogP contribution is -2.28. The van der Waals surface area contributed by atoms with E-state index in [1.807, 2.05) is 17.5 Å². The van der Waals surface area contributed by atoms with Crippen LogP contribution in [0.15, 0.2) is 45.1 Å². The molecule has 1 heterocycles. The highest BCUT2D eigenvalue weighted by Gasteiger charge is 2.18. The summed E-state index contributed by atoms with van der Waals surface area (Å²) >= 11 is 4.93. The number of hydrogen-bond acceptors (Lipinski definition) is 5. The fourth-order valence-corrected chi connectivity index (χ4v) is 4.23. The number of methoxy groups -OCH3 is 1. The van der Waals surface area contributed by atoms with E-state index in [9.17, 15) is 13.2 Å². The molecule has 6 nitrogen and oxygen atoms in total. The van der Waals surface area contributed by atoms with Gasteiger partial charge in [-0.3, -0.25) is 4.79 Å². The molecule has 2 aromatic rings. The van der Waals surface area contributed by atoms with Gasteiger partial charge in [0.15, 0.2) is 0 Å². The molecule has 136 valence electrons. The number of amides is 1. The van der Waals surface area contributed by atoms with Gasteiger partial charge >= 0.3 is 0 Å². The van der Waals surface area contributed by atoms with Crippen LogP contribution in [0.2, 0.25) is 0 Å². The number of nitrogens with one attached hydrogen (secondary N) is 2. The largest absolute Gasteiger partial charge is 0.383 e. The summed E-state index contributed by atoms with van der Waals surface area (Å²) in [4.78, 5) is 13.6. The van der Waals surface area contributed by atoms with Crippen LogP contribution in [0.25, 0.3) is 0 Å². The molecule has 0 aliphatic heterocycles. The standard InChI is InChI=1S/C16H19BrN2O4S2/c1-23-9-8-19-25(21,22)13-4-5-15(17)14(11-13)16(20)18-7-6-12-3-2-10-24-12/h2-5,10-11,19H,6-9H2,1H3,(H,18,20). The summed E-state index contributed by atoms with van der Waals surface area (Å²) < 4.78 is 32.3. The van der Waals surface area contributed by atoms with Gasteiger partial charge in [-0.2, -0.15) is 0 Å². The Labute approximate surface area is 159 Å². The van der Waals surface area contributed by atoms with Gasteiger partial charge in [-0.05, 0) is 52.0 Å². The quantitative estimate of drug-likeness (QED) is 0.579. The predicted molar refractivity (Wildman–Crippen MR) is 102 cm³/mol. The van der Waals surface area contributed by atoms with Gasteiger partial charge in [-0.1, -0.05) is 6.07 Å². The molecular formula is C16H19BrN2O4S2. The molecule has 1 aromatic heterocycles. The molecule has 0 bridgehead atoms. The maximum atomic E-state index is 12.4. The van der Waals surface area contributed by atoms with Crippen molar-refractivity contribution in [1.29, 1.82) is 0 Å². The van der Waals surface area contributed by atoms with E-state index in [1.165, 1.54) is 24.1 Å². The zero-order chi connectivity index (χ0) is 18.3. The lowest BCUT2D eigenvalue weighted by Gasteiger charge is -2.10. The zero-order valence-corrected chi connectivity index (χ0v) is 16.8. The molecule has 1 aromatic carbocycles.